The van der Waals surface area contributed by atoms with Gasteiger partial charge in [0.1, 0.15) is 0 Å². The van der Waals surface area contributed by atoms with Crippen molar-refractivity contribution in [2.75, 3.05) is 6.54 Å². The molecule has 0 aromatic heterocycles. The highest BCUT2D eigenvalue weighted by Gasteiger charge is 2.31. The van der Waals surface area contributed by atoms with E-state index in [9.17, 15) is 0 Å². The standard InChI is InChI=1S/C11H21N/c1-11(7-2-3-8-12-11)9-10-5-4-6-10/h10,12H,2-9H2,1H3. The van der Waals surface area contributed by atoms with Gasteiger partial charge in [-0.25, -0.2) is 0 Å². The Labute approximate surface area is 75.9 Å². The molecule has 2 aliphatic rings. The summed E-state index contributed by atoms with van der Waals surface area (Å²) in [6.07, 6.45) is 10.2. The van der Waals surface area contributed by atoms with Gasteiger partial charge in [-0.15, -0.1) is 0 Å². The second-order valence-electron chi connectivity index (χ2n) is 4.95. The maximum Gasteiger partial charge on any atom is 0.0156 e. The lowest BCUT2D eigenvalue weighted by molar-refractivity contribution is 0.174. The molecule has 0 radical (unpaired) electrons. The fraction of sp³-hybridized carbons (Fsp3) is 1.00. The van der Waals surface area contributed by atoms with Gasteiger partial charge >= 0.3 is 0 Å². The molecule has 2 rings (SSSR count). The monoisotopic (exact) mass is 167 g/mol. The Morgan fingerprint density at radius 1 is 1.25 bits per heavy atom. The molecule has 0 spiro atoms. The van der Waals surface area contributed by atoms with Crippen LogP contribution in [0.2, 0.25) is 0 Å². The molecule has 1 saturated heterocycles. The summed E-state index contributed by atoms with van der Waals surface area (Å²) in [6, 6.07) is 0. The van der Waals surface area contributed by atoms with Crippen LogP contribution < -0.4 is 5.32 Å². The molecule has 1 heteroatoms. The minimum absolute atomic E-state index is 0.503. The van der Waals surface area contributed by atoms with E-state index in [4.69, 9.17) is 0 Å². The number of rotatable bonds is 2. The van der Waals surface area contributed by atoms with Crippen LogP contribution in [-0.2, 0) is 0 Å². The summed E-state index contributed by atoms with van der Waals surface area (Å²) in [5.41, 5.74) is 0.503. The lowest BCUT2D eigenvalue weighted by Crippen LogP contribution is -2.47. The number of nitrogens with one attached hydrogen (secondary N) is 1. The average molecular weight is 167 g/mol. The van der Waals surface area contributed by atoms with Crippen LogP contribution in [0.4, 0.5) is 0 Å². The summed E-state index contributed by atoms with van der Waals surface area (Å²) in [5, 5.41) is 3.69. The van der Waals surface area contributed by atoms with Crippen molar-refractivity contribution in [3.05, 3.63) is 0 Å². The Kier molecular flexibility index (Phi) is 2.40. The molecule has 0 aromatic rings. The SMILES string of the molecule is CC1(CC2CCC2)CCCCN1. The fourth-order valence-electron chi connectivity index (χ4n) is 2.63. The van der Waals surface area contributed by atoms with Gasteiger partial charge in [0, 0.05) is 5.54 Å². The van der Waals surface area contributed by atoms with Crippen molar-refractivity contribution in [3.63, 3.8) is 0 Å². The summed E-state index contributed by atoms with van der Waals surface area (Å²) in [7, 11) is 0. The third-order valence-electron chi connectivity index (χ3n) is 3.67. The molecule has 1 heterocycles. The minimum Gasteiger partial charge on any atom is -0.312 e. The smallest absolute Gasteiger partial charge is 0.0156 e. The molecule has 70 valence electrons. The molecular formula is C11H21N. The first-order valence-electron chi connectivity index (χ1n) is 5.54. The van der Waals surface area contributed by atoms with Gasteiger partial charge in [-0.2, -0.15) is 0 Å². The summed E-state index contributed by atoms with van der Waals surface area (Å²) < 4.78 is 0. The molecule has 1 atom stereocenters. The Bertz CT molecular complexity index is 143. The van der Waals surface area contributed by atoms with Crippen molar-refractivity contribution in [3.8, 4) is 0 Å². The summed E-state index contributed by atoms with van der Waals surface area (Å²) in [5.74, 6) is 1.06. The predicted octanol–water partition coefficient (Wildman–Crippen LogP) is 2.71. The van der Waals surface area contributed by atoms with Crippen LogP contribution in [0.1, 0.15) is 51.9 Å². The third-order valence-corrected chi connectivity index (χ3v) is 3.67. The van der Waals surface area contributed by atoms with Gasteiger partial charge in [0.25, 0.3) is 0 Å². The highest BCUT2D eigenvalue weighted by molar-refractivity contribution is 4.90. The highest BCUT2D eigenvalue weighted by atomic mass is 15.0. The van der Waals surface area contributed by atoms with Crippen LogP contribution in [0, 0.1) is 5.92 Å². The second-order valence-corrected chi connectivity index (χ2v) is 4.95. The predicted molar refractivity (Wildman–Crippen MR) is 52.2 cm³/mol. The summed E-state index contributed by atoms with van der Waals surface area (Å²) in [4.78, 5) is 0. The van der Waals surface area contributed by atoms with Crippen molar-refractivity contribution in [1.29, 1.82) is 0 Å². The van der Waals surface area contributed by atoms with Crippen LogP contribution in [0.3, 0.4) is 0 Å². The first-order chi connectivity index (χ1) is 5.79. The second kappa shape index (κ2) is 3.37. The third kappa shape index (κ3) is 1.82. The number of piperidine rings is 1. The van der Waals surface area contributed by atoms with Gasteiger partial charge < -0.3 is 5.32 Å². The lowest BCUT2D eigenvalue weighted by Gasteiger charge is -2.40. The molecule has 1 unspecified atom stereocenters. The molecule has 0 bridgehead atoms. The molecule has 1 aliphatic carbocycles. The highest BCUT2D eigenvalue weighted by Crippen LogP contribution is 2.36. The van der Waals surface area contributed by atoms with Crippen LogP contribution >= 0.6 is 0 Å². The minimum atomic E-state index is 0.503. The molecule has 1 aliphatic heterocycles. The van der Waals surface area contributed by atoms with E-state index in [1.165, 1.54) is 51.5 Å². The van der Waals surface area contributed by atoms with Crippen LogP contribution in [0.5, 0.6) is 0 Å². The Balaban J connectivity index is 1.81. The van der Waals surface area contributed by atoms with E-state index in [2.05, 4.69) is 12.2 Å². The van der Waals surface area contributed by atoms with E-state index in [0.29, 0.717) is 5.54 Å². The van der Waals surface area contributed by atoms with Gasteiger partial charge in [-0.1, -0.05) is 25.7 Å². The molecule has 1 saturated carbocycles. The zero-order chi connectivity index (χ0) is 8.44. The molecule has 2 fully saturated rings. The van der Waals surface area contributed by atoms with E-state index in [1.807, 2.05) is 0 Å². The zero-order valence-electron chi connectivity index (χ0n) is 8.23. The maximum atomic E-state index is 3.69. The van der Waals surface area contributed by atoms with Crippen molar-refractivity contribution >= 4 is 0 Å². The number of hydrogen-bond donors (Lipinski definition) is 1. The Morgan fingerprint density at radius 3 is 2.58 bits per heavy atom. The first kappa shape index (κ1) is 8.55. The van der Waals surface area contributed by atoms with E-state index in [0.717, 1.165) is 5.92 Å². The normalized spacial score (nSPS) is 37.8. The van der Waals surface area contributed by atoms with Crippen molar-refractivity contribution < 1.29 is 0 Å². The van der Waals surface area contributed by atoms with E-state index in [1.54, 1.807) is 0 Å². The van der Waals surface area contributed by atoms with Crippen LogP contribution in [0.15, 0.2) is 0 Å². The van der Waals surface area contributed by atoms with Gasteiger partial charge in [-0.3, -0.25) is 0 Å². The molecule has 0 aromatic carbocycles. The van der Waals surface area contributed by atoms with Gasteiger partial charge in [0.15, 0.2) is 0 Å². The molecule has 1 nitrogen and oxygen atoms in total. The van der Waals surface area contributed by atoms with Crippen LogP contribution in [-0.4, -0.2) is 12.1 Å². The van der Waals surface area contributed by atoms with Crippen molar-refractivity contribution in [2.24, 2.45) is 5.92 Å². The molecular weight excluding hydrogens is 146 g/mol. The topological polar surface area (TPSA) is 12.0 Å². The Hall–Kier alpha value is -0.0400. The molecule has 1 N–H and O–H groups in total. The zero-order valence-corrected chi connectivity index (χ0v) is 8.23. The van der Waals surface area contributed by atoms with Gasteiger partial charge in [0.2, 0.25) is 0 Å². The largest absolute Gasteiger partial charge is 0.312 e. The summed E-state index contributed by atoms with van der Waals surface area (Å²) >= 11 is 0. The first-order valence-corrected chi connectivity index (χ1v) is 5.54. The fourth-order valence-corrected chi connectivity index (χ4v) is 2.63. The Morgan fingerprint density at radius 2 is 2.08 bits per heavy atom. The lowest BCUT2D eigenvalue weighted by atomic mass is 9.74. The van der Waals surface area contributed by atoms with Crippen molar-refractivity contribution in [2.45, 2.75) is 57.4 Å². The van der Waals surface area contributed by atoms with E-state index in [-0.39, 0.29) is 0 Å². The number of hydrogen-bond acceptors (Lipinski definition) is 1. The summed E-state index contributed by atoms with van der Waals surface area (Å²) in [6.45, 7) is 3.67. The molecule has 0 amide bonds. The molecule has 12 heavy (non-hydrogen) atoms. The van der Waals surface area contributed by atoms with E-state index < -0.39 is 0 Å². The van der Waals surface area contributed by atoms with Crippen molar-refractivity contribution in [1.82, 2.24) is 5.32 Å². The quantitative estimate of drug-likeness (QED) is 0.667. The van der Waals surface area contributed by atoms with Gasteiger partial charge in [0.05, 0.1) is 0 Å². The van der Waals surface area contributed by atoms with Crippen LogP contribution in [0.25, 0.3) is 0 Å². The maximum absolute atomic E-state index is 3.69. The van der Waals surface area contributed by atoms with Gasteiger partial charge in [-0.05, 0) is 38.6 Å². The van der Waals surface area contributed by atoms with E-state index >= 15 is 0 Å². The average Bonchev–Trinajstić information content (AvgIpc) is 1.99.